The second-order valence-electron chi connectivity index (χ2n) is 5.46. The Kier molecular flexibility index (Phi) is 5.32. The van der Waals surface area contributed by atoms with Gasteiger partial charge in [0.2, 0.25) is 0 Å². The standard InChI is InChI=1S/C21H18O4/c1-16-7-9-17(10-8-16)23-15-21(22)25-20-13-11-19(12-14-20)24-18-5-3-2-4-6-18/h2-14H,15H2,1H3. The number of esters is 1. The van der Waals surface area contributed by atoms with Gasteiger partial charge in [-0.25, -0.2) is 4.79 Å². The van der Waals surface area contributed by atoms with Crippen LogP contribution in [0.25, 0.3) is 0 Å². The maximum absolute atomic E-state index is 11.9. The van der Waals surface area contributed by atoms with E-state index < -0.39 is 5.97 Å². The highest BCUT2D eigenvalue weighted by molar-refractivity contribution is 5.74. The van der Waals surface area contributed by atoms with Gasteiger partial charge in [0.05, 0.1) is 0 Å². The summed E-state index contributed by atoms with van der Waals surface area (Å²) >= 11 is 0. The van der Waals surface area contributed by atoms with Gasteiger partial charge in [-0.15, -0.1) is 0 Å². The molecule has 0 amide bonds. The monoisotopic (exact) mass is 334 g/mol. The van der Waals surface area contributed by atoms with Crippen molar-refractivity contribution in [2.75, 3.05) is 6.61 Å². The summed E-state index contributed by atoms with van der Waals surface area (Å²) in [6, 6.07) is 23.8. The van der Waals surface area contributed by atoms with Gasteiger partial charge in [0.25, 0.3) is 0 Å². The minimum Gasteiger partial charge on any atom is -0.482 e. The van der Waals surface area contributed by atoms with Gasteiger partial charge in [0.1, 0.15) is 23.0 Å². The maximum Gasteiger partial charge on any atom is 0.349 e. The average molecular weight is 334 g/mol. The Labute approximate surface area is 146 Å². The number of benzene rings is 3. The summed E-state index contributed by atoms with van der Waals surface area (Å²) in [6.45, 7) is 1.84. The van der Waals surface area contributed by atoms with Crippen molar-refractivity contribution in [1.29, 1.82) is 0 Å². The van der Waals surface area contributed by atoms with Crippen molar-refractivity contribution < 1.29 is 19.0 Å². The van der Waals surface area contributed by atoms with Crippen LogP contribution in [0.2, 0.25) is 0 Å². The fourth-order valence-corrected chi connectivity index (χ4v) is 2.14. The van der Waals surface area contributed by atoms with Crippen molar-refractivity contribution in [2.45, 2.75) is 6.92 Å². The van der Waals surface area contributed by atoms with E-state index in [1.54, 1.807) is 24.3 Å². The third kappa shape index (κ3) is 5.11. The Morgan fingerprint density at radius 3 is 1.96 bits per heavy atom. The van der Waals surface area contributed by atoms with Gasteiger partial charge in [0, 0.05) is 0 Å². The summed E-state index contributed by atoms with van der Waals surface area (Å²) in [5, 5.41) is 0. The molecule has 0 aliphatic heterocycles. The van der Waals surface area contributed by atoms with Gasteiger partial charge in [-0.1, -0.05) is 35.9 Å². The molecule has 3 rings (SSSR count). The van der Waals surface area contributed by atoms with E-state index in [0.717, 1.165) is 11.3 Å². The molecule has 0 radical (unpaired) electrons. The Morgan fingerprint density at radius 2 is 1.28 bits per heavy atom. The third-order valence-corrected chi connectivity index (χ3v) is 3.41. The summed E-state index contributed by atoms with van der Waals surface area (Å²) in [6.07, 6.45) is 0. The second-order valence-corrected chi connectivity index (χ2v) is 5.46. The minimum atomic E-state index is -0.461. The molecule has 0 heterocycles. The maximum atomic E-state index is 11.9. The molecule has 0 saturated heterocycles. The highest BCUT2D eigenvalue weighted by Gasteiger charge is 2.07. The molecule has 0 aliphatic carbocycles. The van der Waals surface area contributed by atoms with Crippen molar-refractivity contribution in [3.63, 3.8) is 0 Å². The summed E-state index contributed by atoms with van der Waals surface area (Å²) in [7, 11) is 0. The summed E-state index contributed by atoms with van der Waals surface area (Å²) in [5.74, 6) is 2.03. The zero-order valence-electron chi connectivity index (χ0n) is 13.8. The topological polar surface area (TPSA) is 44.8 Å². The van der Waals surface area contributed by atoms with Crippen molar-refractivity contribution in [1.82, 2.24) is 0 Å². The number of rotatable bonds is 6. The SMILES string of the molecule is Cc1ccc(OCC(=O)Oc2ccc(Oc3ccccc3)cc2)cc1. The molecule has 0 atom stereocenters. The Bertz CT molecular complexity index is 809. The fourth-order valence-electron chi connectivity index (χ4n) is 2.14. The van der Waals surface area contributed by atoms with Crippen molar-refractivity contribution in [2.24, 2.45) is 0 Å². The number of para-hydroxylation sites is 1. The van der Waals surface area contributed by atoms with E-state index >= 15 is 0 Å². The molecule has 25 heavy (non-hydrogen) atoms. The second kappa shape index (κ2) is 8.02. The largest absolute Gasteiger partial charge is 0.482 e. The number of carbonyl (C=O) groups is 1. The molecule has 3 aromatic carbocycles. The molecule has 0 N–H and O–H groups in total. The smallest absolute Gasteiger partial charge is 0.349 e. The molecule has 3 aromatic rings. The van der Waals surface area contributed by atoms with Crippen LogP contribution in [0.3, 0.4) is 0 Å². The molecule has 4 nitrogen and oxygen atoms in total. The molecule has 126 valence electrons. The first-order valence-corrected chi connectivity index (χ1v) is 7.92. The molecule has 4 heteroatoms. The first-order valence-electron chi connectivity index (χ1n) is 7.92. The lowest BCUT2D eigenvalue weighted by molar-refractivity contribution is -0.136. The predicted octanol–water partition coefficient (Wildman–Crippen LogP) is 4.77. The van der Waals surface area contributed by atoms with Crippen LogP contribution in [-0.4, -0.2) is 12.6 Å². The Hall–Kier alpha value is -3.27. The zero-order valence-corrected chi connectivity index (χ0v) is 13.8. The van der Waals surface area contributed by atoms with Gasteiger partial charge >= 0.3 is 5.97 Å². The van der Waals surface area contributed by atoms with E-state index in [-0.39, 0.29) is 6.61 Å². The van der Waals surface area contributed by atoms with Crippen LogP contribution >= 0.6 is 0 Å². The van der Waals surface area contributed by atoms with Gasteiger partial charge in [0.15, 0.2) is 6.61 Å². The van der Waals surface area contributed by atoms with Crippen LogP contribution in [0, 0.1) is 6.92 Å². The van der Waals surface area contributed by atoms with E-state index in [1.165, 1.54) is 0 Å². The molecule has 0 saturated carbocycles. The zero-order chi connectivity index (χ0) is 17.5. The summed E-state index contributed by atoms with van der Waals surface area (Å²) in [4.78, 5) is 11.9. The highest BCUT2D eigenvalue weighted by Crippen LogP contribution is 2.23. The predicted molar refractivity (Wildman–Crippen MR) is 95.3 cm³/mol. The van der Waals surface area contributed by atoms with E-state index in [9.17, 15) is 4.79 Å². The van der Waals surface area contributed by atoms with E-state index in [2.05, 4.69) is 0 Å². The summed E-state index contributed by atoms with van der Waals surface area (Å²) < 4.78 is 16.3. The lowest BCUT2D eigenvalue weighted by atomic mass is 10.2. The van der Waals surface area contributed by atoms with Crippen LogP contribution in [0.1, 0.15) is 5.56 Å². The number of hydrogen-bond donors (Lipinski definition) is 0. The molecule has 0 unspecified atom stereocenters. The lowest BCUT2D eigenvalue weighted by Crippen LogP contribution is -2.17. The van der Waals surface area contributed by atoms with E-state index in [0.29, 0.717) is 17.2 Å². The van der Waals surface area contributed by atoms with Crippen molar-refractivity contribution in [3.05, 3.63) is 84.4 Å². The number of hydrogen-bond acceptors (Lipinski definition) is 4. The molecular weight excluding hydrogens is 316 g/mol. The lowest BCUT2D eigenvalue weighted by Gasteiger charge is -2.08. The quantitative estimate of drug-likeness (QED) is 0.481. The number of carbonyl (C=O) groups excluding carboxylic acids is 1. The molecule has 0 aliphatic rings. The van der Waals surface area contributed by atoms with Crippen LogP contribution < -0.4 is 14.2 Å². The van der Waals surface area contributed by atoms with Crippen molar-refractivity contribution in [3.8, 4) is 23.0 Å². The van der Waals surface area contributed by atoms with Crippen molar-refractivity contribution >= 4 is 5.97 Å². The van der Waals surface area contributed by atoms with Crippen LogP contribution in [0.15, 0.2) is 78.9 Å². The normalized spacial score (nSPS) is 10.1. The summed E-state index contributed by atoms with van der Waals surface area (Å²) in [5.41, 5.74) is 1.13. The first-order chi connectivity index (χ1) is 12.2. The Balaban J connectivity index is 1.50. The molecule has 0 bridgehead atoms. The van der Waals surface area contributed by atoms with Gasteiger partial charge < -0.3 is 14.2 Å². The fraction of sp³-hybridized carbons (Fsp3) is 0.0952. The number of aryl methyl sites for hydroxylation is 1. The number of ether oxygens (including phenoxy) is 3. The third-order valence-electron chi connectivity index (χ3n) is 3.41. The van der Waals surface area contributed by atoms with Crippen LogP contribution in [0.4, 0.5) is 0 Å². The molecule has 0 fully saturated rings. The van der Waals surface area contributed by atoms with Crippen LogP contribution in [0.5, 0.6) is 23.0 Å². The van der Waals surface area contributed by atoms with Gasteiger partial charge in [-0.05, 0) is 55.5 Å². The minimum absolute atomic E-state index is 0.147. The molecule has 0 spiro atoms. The van der Waals surface area contributed by atoms with Gasteiger partial charge in [-0.3, -0.25) is 0 Å². The van der Waals surface area contributed by atoms with E-state index in [1.807, 2.05) is 61.5 Å². The van der Waals surface area contributed by atoms with Gasteiger partial charge in [-0.2, -0.15) is 0 Å². The van der Waals surface area contributed by atoms with Crippen LogP contribution in [-0.2, 0) is 4.79 Å². The molecule has 0 aromatic heterocycles. The van der Waals surface area contributed by atoms with E-state index in [4.69, 9.17) is 14.2 Å². The average Bonchev–Trinajstić information content (AvgIpc) is 2.64. The Morgan fingerprint density at radius 1 is 0.720 bits per heavy atom. The molecular formula is C21H18O4. The first kappa shape index (κ1) is 16.6. The highest BCUT2D eigenvalue weighted by atomic mass is 16.6.